The van der Waals surface area contributed by atoms with Gasteiger partial charge in [0.25, 0.3) is 0 Å². The molecule has 0 radical (unpaired) electrons. The molecule has 19 heavy (non-hydrogen) atoms. The molecule has 0 saturated heterocycles. The van der Waals surface area contributed by atoms with Crippen molar-refractivity contribution in [3.8, 4) is 0 Å². The number of nitrogens with zero attached hydrogens (tertiary/aromatic N) is 3. The topological polar surface area (TPSA) is 98.1 Å². The van der Waals surface area contributed by atoms with Gasteiger partial charge in [0.2, 0.25) is 5.91 Å². The van der Waals surface area contributed by atoms with E-state index in [1.54, 1.807) is 0 Å². The second-order valence-corrected chi connectivity index (χ2v) is 4.66. The lowest BCUT2D eigenvalue weighted by Crippen LogP contribution is -2.36. The molecule has 1 aromatic heterocycles. The van der Waals surface area contributed by atoms with E-state index in [9.17, 15) is 4.79 Å². The summed E-state index contributed by atoms with van der Waals surface area (Å²) in [5, 5.41) is 8.33. The van der Waals surface area contributed by atoms with Crippen molar-refractivity contribution >= 4 is 11.7 Å². The predicted octanol–water partition coefficient (Wildman–Crippen LogP) is 0.644. The minimum atomic E-state index is -0.376. The molecule has 0 bridgehead atoms. The van der Waals surface area contributed by atoms with Crippen molar-refractivity contribution in [1.29, 1.82) is 0 Å². The zero-order valence-electron chi connectivity index (χ0n) is 11.9. The molecule has 6 nitrogen and oxygen atoms in total. The smallest absolute Gasteiger partial charge is 0.236 e. The summed E-state index contributed by atoms with van der Waals surface area (Å²) in [5.41, 5.74) is 13.9. The summed E-state index contributed by atoms with van der Waals surface area (Å²) in [5.74, 6) is 0.303. The summed E-state index contributed by atoms with van der Waals surface area (Å²) in [4.78, 5) is 13.1. The van der Waals surface area contributed by atoms with Crippen LogP contribution in [-0.2, 0) is 11.3 Å². The van der Waals surface area contributed by atoms with Crippen molar-refractivity contribution in [1.82, 2.24) is 10.2 Å². The van der Waals surface area contributed by atoms with Crippen LogP contribution in [-0.4, -0.2) is 29.2 Å². The van der Waals surface area contributed by atoms with Gasteiger partial charge in [-0.3, -0.25) is 4.79 Å². The Balaban J connectivity index is 3.13. The molecular weight excluding hydrogens is 242 g/mol. The van der Waals surface area contributed by atoms with E-state index in [1.165, 1.54) is 0 Å². The number of nitrogens with two attached hydrogens (primary N) is 2. The average Bonchev–Trinajstić information content (AvgIpc) is 2.37. The summed E-state index contributed by atoms with van der Waals surface area (Å²) in [6, 6.07) is 0. The van der Waals surface area contributed by atoms with Crippen molar-refractivity contribution in [3.05, 3.63) is 16.8 Å². The van der Waals surface area contributed by atoms with Gasteiger partial charge < -0.3 is 16.4 Å². The zero-order valence-corrected chi connectivity index (χ0v) is 11.9. The Kier molecular flexibility index (Phi) is 5.69. The molecule has 1 heterocycles. The van der Waals surface area contributed by atoms with E-state index in [-0.39, 0.29) is 12.5 Å². The Labute approximate surface area is 114 Å². The number of hydrogen-bond donors (Lipinski definition) is 2. The second kappa shape index (κ2) is 7.04. The van der Waals surface area contributed by atoms with Crippen molar-refractivity contribution in [2.45, 2.75) is 40.2 Å². The van der Waals surface area contributed by atoms with Crippen molar-refractivity contribution in [2.75, 3.05) is 18.0 Å². The van der Waals surface area contributed by atoms with Gasteiger partial charge in [0.15, 0.2) is 5.82 Å². The fourth-order valence-electron chi connectivity index (χ4n) is 1.94. The summed E-state index contributed by atoms with van der Waals surface area (Å²) < 4.78 is 0. The van der Waals surface area contributed by atoms with Gasteiger partial charge in [-0.15, -0.1) is 5.10 Å². The molecule has 1 rings (SSSR count). The van der Waals surface area contributed by atoms with Gasteiger partial charge in [-0.2, -0.15) is 5.10 Å². The van der Waals surface area contributed by atoms with Gasteiger partial charge in [0, 0.05) is 18.7 Å². The Morgan fingerprint density at radius 1 is 1.32 bits per heavy atom. The van der Waals surface area contributed by atoms with Crippen LogP contribution in [0, 0.1) is 13.8 Å². The largest absolute Gasteiger partial charge is 0.368 e. The standard InChI is InChI=1S/C13H23N5O/c1-4-5-6-18(8-12(15)19)13-11(7-14)9(2)10(3)16-17-13/h4-8,14H2,1-3H3,(H2,15,19). The molecule has 4 N–H and O–H groups in total. The minimum Gasteiger partial charge on any atom is -0.368 e. The van der Waals surface area contributed by atoms with E-state index in [0.29, 0.717) is 12.4 Å². The maximum absolute atomic E-state index is 11.2. The van der Waals surface area contributed by atoms with Crippen molar-refractivity contribution in [2.24, 2.45) is 11.5 Å². The molecule has 6 heteroatoms. The Hall–Kier alpha value is -1.69. The first-order chi connectivity index (χ1) is 9.01. The number of hydrogen-bond acceptors (Lipinski definition) is 5. The number of aromatic nitrogens is 2. The quantitative estimate of drug-likeness (QED) is 0.754. The van der Waals surface area contributed by atoms with Gasteiger partial charge in [-0.1, -0.05) is 13.3 Å². The van der Waals surface area contributed by atoms with Crippen LogP contribution < -0.4 is 16.4 Å². The molecule has 1 aromatic rings. The van der Waals surface area contributed by atoms with E-state index in [1.807, 2.05) is 18.7 Å². The van der Waals surface area contributed by atoms with Gasteiger partial charge in [0.1, 0.15) is 0 Å². The molecule has 0 aliphatic rings. The van der Waals surface area contributed by atoms with E-state index in [2.05, 4.69) is 17.1 Å². The van der Waals surface area contributed by atoms with E-state index >= 15 is 0 Å². The highest BCUT2D eigenvalue weighted by Crippen LogP contribution is 2.21. The Morgan fingerprint density at radius 3 is 2.53 bits per heavy atom. The van der Waals surface area contributed by atoms with Gasteiger partial charge in [-0.05, 0) is 25.8 Å². The monoisotopic (exact) mass is 265 g/mol. The van der Waals surface area contributed by atoms with Crippen LogP contribution in [0.3, 0.4) is 0 Å². The highest BCUT2D eigenvalue weighted by Gasteiger charge is 2.17. The van der Waals surface area contributed by atoms with Crippen molar-refractivity contribution < 1.29 is 4.79 Å². The van der Waals surface area contributed by atoms with Gasteiger partial charge >= 0.3 is 0 Å². The summed E-state index contributed by atoms with van der Waals surface area (Å²) in [6.45, 7) is 7.21. The van der Waals surface area contributed by atoms with Crippen LogP contribution in [0.2, 0.25) is 0 Å². The second-order valence-electron chi connectivity index (χ2n) is 4.66. The number of rotatable bonds is 7. The first kappa shape index (κ1) is 15.4. The lowest BCUT2D eigenvalue weighted by Gasteiger charge is -2.24. The molecule has 0 unspecified atom stereocenters. The number of amides is 1. The number of carbonyl (C=O) groups excluding carboxylic acids is 1. The number of primary amides is 1. The molecule has 0 aliphatic carbocycles. The third kappa shape index (κ3) is 3.89. The third-order valence-corrected chi connectivity index (χ3v) is 3.19. The fourth-order valence-corrected chi connectivity index (χ4v) is 1.94. The number of carbonyl (C=O) groups is 1. The SMILES string of the molecule is CCCCN(CC(N)=O)c1nnc(C)c(C)c1CN. The third-order valence-electron chi connectivity index (χ3n) is 3.19. The fraction of sp³-hybridized carbons (Fsp3) is 0.615. The van der Waals surface area contributed by atoms with E-state index < -0.39 is 0 Å². The predicted molar refractivity (Wildman–Crippen MR) is 75.7 cm³/mol. The molecule has 1 amide bonds. The molecule has 0 atom stereocenters. The number of aryl methyl sites for hydroxylation is 1. The van der Waals surface area contributed by atoms with E-state index in [4.69, 9.17) is 11.5 Å². The molecule has 0 fully saturated rings. The molecule has 0 spiro atoms. The van der Waals surface area contributed by atoms with Gasteiger partial charge in [0.05, 0.1) is 12.2 Å². The van der Waals surface area contributed by atoms with Crippen LogP contribution in [0.15, 0.2) is 0 Å². The molecule has 0 aromatic carbocycles. The van der Waals surface area contributed by atoms with Crippen LogP contribution in [0.1, 0.15) is 36.6 Å². The first-order valence-electron chi connectivity index (χ1n) is 6.57. The van der Waals surface area contributed by atoms with Crippen LogP contribution in [0.5, 0.6) is 0 Å². The molecule has 106 valence electrons. The highest BCUT2D eigenvalue weighted by atomic mass is 16.1. The summed E-state index contributed by atoms with van der Waals surface area (Å²) in [6.07, 6.45) is 2.00. The van der Waals surface area contributed by atoms with E-state index in [0.717, 1.165) is 36.2 Å². The van der Waals surface area contributed by atoms with Gasteiger partial charge in [-0.25, -0.2) is 0 Å². The summed E-state index contributed by atoms with van der Waals surface area (Å²) >= 11 is 0. The molecular formula is C13H23N5O. The van der Waals surface area contributed by atoms with Crippen LogP contribution >= 0.6 is 0 Å². The highest BCUT2D eigenvalue weighted by molar-refractivity contribution is 5.79. The number of anilines is 1. The maximum atomic E-state index is 11.2. The van der Waals surface area contributed by atoms with Crippen LogP contribution in [0.25, 0.3) is 0 Å². The lowest BCUT2D eigenvalue weighted by molar-refractivity contribution is -0.116. The zero-order chi connectivity index (χ0) is 14.4. The minimum absolute atomic E-state index is 0.143. The Bertz CT molecular complexity index is 447. The first-order valence-corrected chi connectivity index (χ1v) is 6.57. The van der Waals surface area contributed by atoms with Crippen molar-refractivity contribution in [3.63, 3.8) is 0 Å². The summed E-state index contributed by atoms with van der Waals surface area (Å²) in [7, 11) is 0. The molecule has 0 aliphatic heterocycles. The normalized spacial score (nSPS) is 10.5. The number of unbranched alkanes of at least 4 members (excludes halogenated alkanes) is 1. The molecule has 0 saturated carbocycles. The Morgan fingerprint density at radius 2 is 2.00 bits per heavy atom. The maximum Gasteiger partial charge on any atom is 0.236 e. The van der Waals surface area contributed by atoms with Crippen LogP contribution in [0.4, 0.5) is 5.82 Å². The lowest BCUT2D eigenvalue weighted by atomic mass is 10.1. The average molecular weight is 265 g/mol.